The summed E-state index contributed by atoms with van der Waals surface area (Å²) >= 11 is 5.04. The lowest BCUT2D eigenvalue weighted by atomic mass is 9.81. The Bertz CT molecular complexity index is 400. The van der Waals surface area contributed by atoms with Crippen LogP contribution >= 0.6 is 27.3 Å². The number of nitrogens with one attached hydrogen (secondary N) is 1. The number of rotatable bonds is 1. The summed E-state index contributed by atoms with van der Waals surface area (Å²) in [6.07, 6.45) is 1.33. The minimum atomic E-state index is -0.233. The average Bonchev–Trinajstić information content (AvgIpc) is 2.84. The van der Waals surface area contributed by atoms with Gasteiger partial charge >= 0.3 is 0 Å². The number of hydrogen-bond donors (Lipinski definition) is 1. The molecule has 0 saturated carbocycles. The summed E-state index contributed by atoms with van der Waals surface area (Å²) in [7, 11) is 0. The molecule has 3 rings (SSSR count). The molecule has 1 aromatic heterocycles. The molecule has 0 spiro atoms. The Morgan fingerprint density at radius 2 is 2.56 bits per heavy atom. The molecule has 16 heavy (non-hydrogen) atoms. The Morgan fingerprint density at radius 3 is 3.31 bits per heavy atom. The summed E-state index contributed by atoms with van der Waals surface area (Å²) in [6, 6.07) is 0. The molecule has 2 saturated heterocycles. The lowest BCUT2D eigenvalue weighted by Gasteiger charge is -2.38. The number of thiazole rings is 1. The molecule has 0 aliphatic carbocycles. The minimum absolute atomic E-state index is 0.233. The van der Waals surface area contributed by atoms with E-state index in [2.05, 4.69) is 33.3 Å². The molecular weight excluding hydrogens is 292 g/mol. The molecular formula is C10H13BrN2O2S. The first-order valence-electron chi connectivity index (χ1n) is 5.33. The van der Waals surface area contributed by atoms with Crippen molar-refractivity contribution in [2.45, 2.75) is 25.0 Å². The third kappa shape index (κ3) is 1.64. The van der Waals surface area contributed by atoms with Crippen LogP contribution in [0.4, 0.5) is 0 Å². The predicted molar refractivity (Wildman–Crippen MR) is 64.1 cm³/mol. The second kappa shape index (κ2) is 4.03. The number of ether oxygens (including phenoxy) is 1. The number of hydrogen-bond acceptors (Lipinski definition) is 5. The number of halogens is 1. The van der Waals surface area contributed by atoms with Crippen molar-refractivity contribution in [3.05, 3.63) is 15.0 Å². The summed E-state index contributed by atoms with van der Waals surface area (Å²) in [5, 5.41) is 3.05. The van der Waals surface area contributed by atoms with E-state index in [0.29, 0.717) is 18.6 Å². The first-order valence-corrected chi connectivity index (χ1v) is 7.00. The predicted octanol–water partition coefficient (Wildman–Crippen LogP) is 2.06. The van der Waals surface area contributed by atoms with Gasteiger partial charge in [0.05, 0.1) is 19.3 Å². The molecule has 4 nitrogen and oxygen atoms in total. The van der Waals surface area contributed by atoms with Crippen molar-refractivity contribution in [1.29, 1.82) is 0 Å². The van der Waals surface area contributed by atoms with Crippen molar-refractivity contribution < 1.29 is 9.57 Å². The monoisotopic (exact) mass is 304 g/mol. The molecule has 0 bridgehead atoms. The first kappa shape index (κ1) is 11.1. The summed E-state index contributed by atoms with van der Waals surface area (Å²) in [5.41, 5.74) is 2.89. The number of aromatic nitrogens is 1. The summed E-state index contributed by atoms with van der Waals surface area (Å²) in [4.78, 5) is 9.93. The van der Waals surface area contributed by atoms with Crippen molar-refractivity contribution in [2.24, 2.45) is 5.92 Å². The summed E-state index contributed by atoms with van der Waals surface area (Å²) in [6.45, 7) is 3.49. The zero-order valence-corrected chi connectivity index (χ0v) is 11.3. The SMILES string of the molecule is CC1CC2CON[C@@]2(c2nc(Br)cs2)CO1. The molecule has 88 valence electrons. The summed E-state index contributed by atoms with van der Waals surface area (Å²) < 4.78 is 6.65. The smallest absolute Gasteiger partial charge is 0.123 e. The van der Waals surface area contributed by atoms with Gasteiger partial charge in [-0.25, -0.2) is 4.98 Å². The standard InChI is InChI=1S/C10H13BrN2O2S/c1-6-2-7-3-15-13-10(7,5-14-6)9-12-8(11)4-16-9/h4,6-7,13H,2-3,5H2,1H3/t6?,7?,10-/m0/s1. The van der Waals surface area contributed by atoms with E-state index in [9.17, 15) is 0 Å². The van der Waals surface area contributed by atoms with Crippen LogP contribution in [0.5, 0.6) is 0 Å². The number of hydroxylamine groups is 1. The van der Waals surface area contributed by atoms with Gasteiger partial charge in [0.15, 0.2) is 0 Å². The highest BCUT2D eigenvalue weighted by Crippen LogP contribution is 2.42. The largest absolute Gasteiger partial charge is 0.376 e. The van der Waals surface area contributed by atoms with E-state index in [1.165, 1.54) is 0 Å². The topological polar surface area (TPSA) is 43.4 Å². The molecule has 2 fully saturated rings. The maximum atomic E-state index is 5.77. The van der Waals surface area contributed by atoms with Gasteiger partial charge in [-0.15, -0.1) is 11.3 Å². The second-order valence-corrected chi connectivity index (χ2v) is 6.08. The molecule has 0 amide bonds. The Kier molecular flexibility index (Phi) is 2.79. The molecule has 1 N–H and O–H groups in total. The lowest BCUT2D eigenvalue weighted by Crippen LogP contribution is -2.50. The van der Waals surface area contributed by atoms with E-state index < -0.39 is 0 Å². The van der Waals surface area contributed by atoms with Gasteiger partial charge in [-0.1, -0.05) is 0 Å². The van der Waals surface area contributed by atoms with E-state index in [1.54, 1.807) is 11.3 Å². The van der Waals surface area contributed by atoms with E-state index in [-0.39, 0.29) is 5.54 Å². The quantitative estimate of drug-likeness (QED) is 0.862. The summed E-state index contributed by atoms with van der Waals surface area (Å²) in [5.74, 6) is 0.453. The van der Waals surface area contributed by atoms with Crippen LogP contribution in [-0.4, -0.2) is 24.3 Å². The third-order valence-electron chi connectivity index (χ3n) is 3.31. The van der Waals surface area contributed by atoms with Crippen molar-refractivity contribution >= 4 is 27.3 Å². The lowest BCUT2D eigenvalue weighted by molar-refractivity contribution is -0.0603. The van der Waals surface area contributed by atoms with Gasteiger partial charge in [-0.05, 0) is 29.3 Å². The fourth-order valence-electron chi connectivity index (χ4n) is 2.39. The maximum Gasteiger partial charge on any atom is 0.123 e. The Balaban J connectivity index is 1.96. The molecule has 2 unspecified atom stereocenters. The van der Waals surface area contributed by atoms with E-state index >= 15 is 0 Å². The van der Waals surface area contributed by atoms with Crippen molar-refractivity contribution in [1.82, 2.24) is 10.5 Å². The van der Waals surface area contributed by atoms with Crippen LogP contribution in [-0.2, 0) is 15.1 Å². The second-order valence-electron chi connectivity index (χ2n) is 4.41. The minimum Gasteiger partial charge on any atom is -0.376 e. The number of nitrogens with zero attached hydrogens (tertiary/aromatic N) is 1. The fourth-order valence-corrected chi connectivity index (χ4v) is 3.86. The highest BCUT2D eigenvalue weighted by atomic mass is 79.9. The Morgan fingerprint density at radius 1 is 1.69 bits per heavy atom. The van der Waals surface area contributed by atoms with Crippen molar-refractivity contribution in [3.8, 4) is 0 Å². The van der Waals surface area contributed by atoms with Crippen LogP contribution < -0.4 is 5.48 Å². The maximum absolute atomic E-state index is 5.77. The molecule has 0 aromatic carbocycles. The average molecular weight is 305 g/mol. The van der Waals surface area contributed by atoms with Gasteiger partial charge < -0.3 is 9.57 Å². The van der Waals surface area contributed by atoms with Crippen LogP contribution in [0.2, 0.25) is 0 Å². The molecule has 2 aliphatic rings. The van der Waals surface area contributed by atoms with Crippen molar-refractivity contribution in [3.63, 3.8) is 0 Å². The zero-order valence-electron chi connectivity index (χ0n) is 8.90. The molecule has 1 aromatic rings. The molecule has 6 heteroatoms. The van der Waals surface area contributed by atoms with Gasteiger partial charge in [-0.2, -0.15) is 5.48 Å². The third-order valence-corrected chi connectivity index (χ3v) is 5.03. The molecule has 0 radical (unpaired) electrons. The van der Waals surface area contributed by atoms with Crippen LogP contribution in [0.15, 0.2) is 9.98 Å². The highest BCUT2D eigenvalue weighted by molar-refractivity contribution is 9.10. The zero-order chi connectivity index (χ0) is 11.2. The molecule has 3 heterocycles. The van der Waals surface area contributed by atoms with Gasteiger partial charge in [0.25, 0.3) is 0 Å². The van der Waals surface area contributed by atoms with E-state index in [1.807, 2.05) is 5.38 Å². The van der Waals surface area contributed by atoms with Crippen LogP contribution in [0.1, 0.15) is 18.4 Å². The van der Waals surface area contributed by atoms with Gasteiger partial charge in [0.2, 0.25) is 0 Å². The van der Waals surface area contributed by atoms with Crippen LogP contribution in [0.25, 0.3) is 0 Å². The van der Waals surface area contributed by atoms with E-state index in [4.69, 9.17) is 9.57 Å². The normalized spacial score (nSPS) is 38.6. The van der Waals surface area contributed by atoms with Gasteiger partial charge in [0.1, 0.15) is 15.1 Å². The fraction of sp³-hybridized carbons (Fsp3) is 0.700. The van der Waals surface area contributed by atoms with Crippen LogP contribution in [0, 0.1) is 5.92 Å². The number of fused-ring (bicyclic) bond motifs is 1. The molecule has 3 atom stereocenters. The Hall–Kier alpha value is -0.0100. The van der Waals surface area contributed by atoms with Gasteiger partial charge in [-0.3, -0.25) is 0 Å². The van der Waals surface area contributed by atoms with Gasteiger partial charge in [0, 0.05) is 11.3 Å². The van der Waals surface area contributed by atoms with E-state index in [0.717, 1.165) is 22.6 Å². The molecule has 2 aliphatic heterocycles. The first-order chi connectivity index (χ1) is 7.71. The Labute approximate surface area is 106 Å². The highest BCUT2D eigenvalue weighted by Gasteiger charge is 2.51. The van der Waals surface area contributed by atoms with Crippen molar-refractivity contribution in [2.75, 3.05) is 13.2 Å². The van der Waals surface area contributed by atoms with Crippen LogP contribution in [0.3, 0.4) is 0 Å².